The number of hydrogen-bond acceptors (Lipinski definition) is 2. The van der Waals surface area contributed by atoms with Crippen LogP contribution in [-0.2, 0) is 6.54 Å². The van der Waals surface area contributed by atoms with Crippen LogP contribution in [0.5, 0.6) is 0 Å². The molecule has 0 saturated carbocycles. The number of rotatable bonds is 2. The van der Waals surface area contributed by atoms with Gasteiger partial charge in [-0.2, -0.15) is 0 Å². The molecule has 2 heteroatoms. The Balaban J connectivity index is 0.000000160. The van der Waals surface area contributed by atoms with Crippen LogP contribution in [0.15, 0.2) is 60.7 Å². The van der Waals surface area contributed by atoms with E-state index in [0.29, 0.717) is 6.54 Å². The molecule has 2 rings (SSSR count). The highest BCUT2D eigenvalue weighted by Gasteiger charge is 1.80. The minimum atomic E-state index is 0.640. The van der Waals surface area contributed by atoms with Gasteiger partial charge in [0.15, 0.2) is 0 Å². The molecule has 0 fully saturated rings. The Morgan fingerprint density at radius 2 is 1.38 bits per heavy atom. The summed E-state index contributed by atoms with van der Waals surface area (Å²) in [5.74, 6) is 0. The lowest BCUT2D eigenvalue weighted by Gasteiger charge is -1.94. The summed E-state index contributed by atoms with van der Waals surface area (Å²) in [6, 6.07) is 20.1. The van der Waals surface area contributed by atoms with Gasteiger partial charge in [0.05, 0.1) is 0 Å². The minimum absolute atomic E-state index is 0.640. The van der Waals surface area contributed by atoms with Gasteiger partial charge in [-0.25, -0.2) is 0 Å². The van der Waals surface area contributed by atoms with Crippen molar-refractivity contribution in [3.8, 4) is 0 Å². The molecule has 0 aromatic heterocycles. The first-order chi connectivity index (χ1) is 7.86. The van der Waals surface area contributed by atoms with Gasteiger partial charge >= 0.3 is 0 Å². The monoisotopic (exact) mass is 214 g/mol. The second-order valence-corrected chi connectivity index (χ2v) is 3.31. The molecule has 0 atom stereocenters. The fourth-order valence-electron chi connectivity index (χ4n) is 1.22. The lowest BCUT2D eigenvalue weighted by atomic mass is 10.2. The largest absolute Gasteiger partial charge is 0.388 e. The Morgan fingerprint density at radius 3 is 1.69 bits per heavy atom. The maximum Gasteiger partial charge on any atom is 0.0337 e. The second kappa shape index (κ2) is 7.49. The predicted octanol–water partition coefficient (Wildman–Crippen LogP) is 2.87. The van der Waals surface area contributed by atoms with E-state index < -0.39 is 0 Å². The summed E-state index contributed by atoms with van der Waals surface area (Å²) in [5.41, 5.74) is 7.70. The van der Waals surface area contributed by atoms with Crippen molar-refractivity contribution < 1.29 is 0 Å². The van der Waals surface area contributed by atoms with Crippen molar-refractivity contribution in [3.05, 3.63) is 66.2 Å². The predicted molar refractivity (Wildman–Crippen MR) is 70.3 cm³/mol. The minimum Gasteiger partial charge on any atom is -0.388 e. The standard InChI is InChI=1S/2C7H9N/c1-8-7-5-3-2-4-6-7;8-6-7-4-2-1-3-5-7/h2-6,8H,1H3;1-5H,6,8H2. The van der Waals surface area contributed by atoms with Crippen LogP contribution >= 0.6 is 0 Å². The van der Waals surface area contributed by atoms with Crippen molar-refractivity contribution >= 4 is 5.69 Å². The molecule has 0 aliphatic rings. The van der Waals surface area contributed by atoms with E-state index in [4.69, 9.17) is 5.73 Å². The van der Waals surface area contributed by atoms with Gasteiger partial charge < -0.3 is 11.1 Å². The van der Waals surface area contributed by atoms with Crippen LogP contribution in [0.2, 0.25) is 0 Å². The summed E-state index contributed by atoms with van der Waals surface area (Å²) in [5, 5.41) is 3.03. The van der Waals surface area contributed by atoms with Crippen molar-refractivity contribution in [1.29, 1.82) is 0 Å². The third kappa shape index (κ3) is 4.62. The van der Waals surface area contributed by atoms with Gasteiger partial charge in [-0.1, -0.05) is 48.5 Å². The first-order valence-corrected chi connectivity index (χ1v) is 5.33. The lowest BCUT2D eigenvalue weighted by Crippen LogP contribution is -1.94. The molecule has 0 radical (unpaired) electrons. The third-order valence-electron chi connectivity index (χ3n) is 2.14. The first kappa shape index (κ1) is 12.3. The molecular formula is C14H18N2. The number of anilines is 1. The molecule has 0 bridgehead atoms. The van der Waals surface area contributed by atoms with E-state index in [2.05, 4.69) is 5.32 Å². The fraction of sp³-hybridized carbons (Fsp3) is 0.143. The van der Waals surface area contributed by atoms with Gasteiger partial charge in [0.2, 0.25) is 0 Å². The number of hydrogen-bond donors (Lipinski definition) is 2. The van der Waals surface area contributed by atoms with Gasteiger partial charge in [-0.3, -0.25) is 0 Å². The third-order valence-corrected chi connectivity index (χ3v) is 2.14. The van der Waals surface area contributed by atoms with Crippen LogP contribution in [0.4, 0.5) is 5.69 Å². The smallest absolute Gasteiger partial charge is 0.0337 e. The normalized spacial score (nSPS) is 8.88. The van der Waals surface area contributed by atoms with Gasteiger partial charge in [0.1, 0.15) is 0 Å². The van der Waals surface area contributed by atoms with Gasteiger partial charge in [-0.15, -0.1) is 0 Å². The van der Waals surface area contributed by atoms with E-state index in [9.17, 15) is 0 Å². The SMILES string of the molecule is CNc1ccccc1.NCc1ccccc1. The lowest BCUT2D eigenvalue weighted by molar-refractivity contribution is 1.07. The van der Waals surface area contributed by atoms with E-state index in [1.807, 2.05) is 67.7 Å². The van der Waals surface area contributed by atoms with Crippen molar-refractivity contribution in [2.75, 3.05) is 12.4 Å². The summed E-state index contributed by atoms with van der Waals surface area (Å²) in [4.78, 5) is 0. The Hall–Kier alpha value is -1.80. The molecule has 2 aromatic carbocycles. The second-order valence-electron chi connectivity index (χ2n) is 3.31. The molecule has 16 heavy (non-hydrogen) atoms. The van der Waals surface area contributed by atoms with E-state index >= 15 is 0 Å². The molecule has 0 spiro atoms. The number of para-hydroxylation sites is 1. The van der Waals surface area contributed by atoms with Crippen molar-refractivity contribution in [1.82, 2.24) is 0 Å². The van der Waals surface area contributed by atoms with Crippen molar-refractivity contribution in [3.63, 3.8) is 0 Å². The van der Waals surface area contributed by atoms with Gasteiger partial charge in [-0.05, 0) is 17.7 Å². The van der Waals surface area contributed by atoms with Gasteiger partial charge in [0.25, 0.3) is 0 Å². The van der Waals surface area contributed by atoms with Crippen LogP contribution in [0.3, 0.4) is 0 Å². The molecule has 0 heterocycles. The molecule has 3 N–H and O–H groups in total. The number of nitrogens with one attached hydrogen (secondary N) is 1. The van der Waals surface area contributed by atoms with Crippen LogP contribution in [0, 0.1) is 0 Å². The summed E-state index contributed by atoms with van der Waals surface area (Å²) in [7, 11) is 1.91. The zero-order chi connectivity index (χ0) is 11.6. The highest BCUT2D eigenvalue weighted by atomic mass is 14.8. The number of benzene rings is 2. The Kier molecular flexibility index (Phi) is 5.74. The zero-order valence-electron chi connectivity index (χ0n) is 9.56. The molecule has 0 unspecified atom stereocenters. The van der Waals surface area contributed by atoms with E-state index in [0.717, 1.165) is 5.69 Å². The number of nitrogens with two attached hydrogens (primary N) is 1. The molecule has 84 valence electrons. The van der Waals surface area contributed by atoms with E-state index in [1.165, 1.54) is 5.56 Å². The Morgan fingerprint density at radius 1 is 0.875 bits per heavy atom. The molecule has 0 aliphatic heterocycles. The molecule has 2 nitrogen and oxygen atoms in total. The molecule has 0 amide bonds. The Labute approximate surface area is 97.1 Å². The zero-order valence-corrected chi connectivity index (χ0v) is 9.56. The fourth-order valence-corrected chi connectivity index (χ4v) is 1.22. The molecule has 0 aliphatic carbocycles. The van der Waals surface area contributed by atoms with Gasteiger partial charge in [0, 0.05) is 19.3 Å². The van der Waals surface area contributed by atoms with Crippen LogP contribution in [0.1, 0.15) is 5.56 Å². The van der Waals surface area contributed by atoms with Crippen molar-refractivity contribution in [2.45, 2.75) is 6.54 Å². The summed E-state index contributed by atoms with van der Waals surface area (Å²) in [6.07, 6.45) is 0. The summed E-state index contributed by atoms with van der Waals surface area (Å²) < 4.78 is 0. The van der Waals surface area contributed by atoms with E-state index in [-0.39, 0.29) is 0 Å². The average molecular weight is 214 g/mol. The van der Waals surface area contributed by atoms with Crippen LogP contribution in [0.25, 0.3) is 0 Å². The maximum absolute atomic E-state index is 5.35. The molecule has 0 saturated heterocycles. The van der Waals surface area contributed by atoms with Crippen LogP contribution < -0.4 is 11.1 Å². The summed E-state index contributed by atoms with van der Waals surface area (Å²) in [6.45, 7) is 0.640. The Bertz CT molecular complexity index is 331. The average Bonchev–Trinajstić information content (AvgIpc) is 2.41. The highest BCUT2D eigenvalue weighted by Crippen LogP contribution is 2.01. The van der Waals surface area contributed by atoms with Crippen molar-refractivity contribution in [2.24, 2.45) is 5.73 Å². The quantitative estimate of drug-likeness (QED) is 0.806. The van der Waals surface area contributed by atoms with E-state index in [1.54, 1.807) is 0 Å². The molecule has 2 aromatic rings. The molecular weight excluding hydrogens is 196 g/mol. The first-order valence-electron chi connectivity index (χ1n) is 5.33. The summed E-state index contributed by atoms with van der Waals surface area (Å²) >= 11 is 0. The highest BCUT2D eigenvalue weighted by molar-refractivity contribution is 5.41. The van der Waals surface area contributed by atoms with Crippen LogP contribution in [-0.4, -0.2) is 7.05 Å². The maximum atomic E-state index is 5.35. The topological polar surface area (TPSA) is 38.0 Å².